The highest BCUT2D eigenvalue weighted by Gasteiger charge is 2.60. The third-order valence-corrected chi connectivity index (χ3v) is 6.70. The van der Waals surface area contributed by atoms with Crippen molar-refractivity contribution in [2.24, 2.45) is 0 Å². The number of nitrogens with zero attached hydrogens (tertiary/aromatic N) is 3. The molecule has 1 aromatic heterocycles. The highest BCUT2D eigenvalue weighted by atomic mass is 32.5. The summed E-state index contributed by atoms with van der Waals surface area (Å²) in [7, 11) is 0. The summed E-state index contributed by atoms with van der Waals surface area (Å²) < 4.78 is 39.7. The first-order chi connectivity index (χ1) is 14.8. The van der Waals surface area contributed by atoms with E-state index in [9.17, 15) is 33.2 Å². The van der Waals surface area contributed by atoms with Crippen LogP contribution in [0, 0.1) is 0 Å². The normalized spacial score (nSPS) is 29.0. The summed E-state index contributed by atoms with van der Waals surface area (Å²) in [6.07, 6.45) is -4.41. The molecule has 2 aliphatic rings. The molecular weight excluding hydrogens is 475 g/mol. The Morgan fingerprint density at radius 2 is 2.22 bits per heavy atom. The van der Waals surface area contributed by atoms with E-state index in [1.807, 2.05) is 0 Å². The average molecular weight is 497 g/mol. The minimum Gasteiger partial charge on any atom is -0.384 e. The van der Waals surface area contributed by atoms with Crippen molar-refractivity contribution in [1.82, 2.24) is 19.5 Å². The summed E-state index contributed by atoms with van der Waals surface area (Å²) in [5, 5.41) is 12.1. The molecule has 2 aliphatic heterocycles. The molecule has 1 aromatic rings. The van der Waals surface area contributed by atoms with Gasteiger partial charge < -0.3 is 29.9 Å². The van der Waals surface area contributed by atoms with E-state index in [0.717, 1.165) is 12.3 Å². The van der Waals surface area contributed by atoms with Gasteiger partial charge in [-0.25, -0.2) is 4.79 Å². The molecule has 5 atom stereocenters. The average Bonchev–Trinajstić information content (AvgIpc) is 3.25. The van der Waals surface area contributed by atoms with Crippen LogP contribution in [-0.4, -0.2) is 73.6 Å². The summed E-state index contributed by atoms with van der Waals surface area (Å²) in [5.41, 5.74) is 4.22. The van der Waals surface area contributed by atoms with Gasteiger partial charge in [-0.05, 0) is 30.7 Å². The standard InChI is InChI=1S/C16H22F2N5O7PS/c1-8(24)22-5-2-3-9(22)13(26)21-31(28,32)29-7-10-12(25)16(17,18)14(30-10)23-6-4-11(19)20-15(23)27/h4,6,9-10,12,14,25H,2-3,5,7H2,1H3,(H2,19,20,27)(H2,21,26,28,32)/t9-,10+,12+,14+,31?/m0/s1. The van der Waals surface area contributed by atoms with Gasteiger partial charge in [0.1, 0.15) is 18.0 Å². The molecule has 5 N–H and O–H groups in total. The molecule has 178 valence electrons. The van der Waals surface area contributed by atoms with Crippen molar-refractivity contribution in [2.45, 2.75) is 50.2 Å². The number of likely N-dealkylation sites (tertiary alicyclic amines) is 1. The van der Waals surface area contributed by atoms with Gasteiger partial charge in [-0.2, -0.15) is 13.8 Å². The molecule has 16 heteroatoms. The number of nitrogen functional groups attached to an aromatic ring is 1. The van der Waals surface area contributed by atoms with Crippen LogP contribution in [0.1, 0.15) is 26.0 Å². The Bertz CT molecular complexity index is 1010. The number of hydrogen-bond donors (Lipinski definition) is 4. The van der Waals surface area contributed by atoms with Crippen LogP contribution in [0.25, 0.3) is 0 Å². The van der Waals surface area contributed by atoms with E-state index in [0.29, 0.717) is 24.0 Å². The monoisotopic (exact) mass is 497 g/mol. The van der Waals surface area contributed by atoms with Crippen LogP contribution in [-0.2, 0) is 30.7 Å². The van der Waals surface area contributed by atoms with Gasteiger partial charge in [-0.3, -0.25) is 19.2 Å². The lowest BCUT2D eigenvalue weighted by molar-refractivity contribution is -0.140. The first-order valence-corrected chi connectivity index (χ1v) is 12.1. The van der Waals surface area contributed by atoms with Crippen molar-refractivity contribution in [3.63, 3.8) is 0 Å². The molecule has 2 fully saturated rings. The fraction of sp³-hybridized carbons (Fsp3) is 0.625. The Hall–Kier alpha value is -2.03. The molecular formula is C16H22F2N5O7PS. The number of ether oxygens (including phenoxy) is 1. The predicted octanol–water partition coefficient (Wildman–Crippen LogP) is -0.920. The van der Waals surface area contributed by atoms with E-state index >= 15 is 0 Å². The van der Waals surface area contributed by atoms with Crippen molar-refractivity contribution in [3.05, 3.63) is 22.7 Å². The molecule has 0 aliphatic carbocycles. The van der Waals surface area contributed by atoms with Crippen LogP contribution in [0.4, 0.5) is 14.6 Å². The van der Waals surface area contributed by atoms with E-state index in [2.05, 4.69) is 10.1 Å². The number of aromatic nitrogens is 2. The zero-order chi connectivity index (χ0) is 23.8. The van der Waals surface area contributed by atoms with Crippen LogP contribution in [0.3, 0.4) is 0 Å². The molecule has 2 amide bonds. The second kappa shape index (κ2) is 9.08. The maximum atomic E-state index is 14.5. The van der Waals surface area contributed by atoms with Crippen LogP contribution in [0.2, 0.25) is 0 Å². The number of aliphatic hydroxyl groups excluding tert-OH is 1. The predicted molar refractivity (Wildman–Crippen MR) is 109 cm³/mol. The molecule has 12 nitrogen and oxygen atoms in total. The first-order valence-electron chi connectivity index (χ1n) is 9.46. The lowest BCUT2D eigenvalue weighted by Crippen LogP contribution is -2.44. The number of hydrogen-bond acceptors (Lipinski definition) is 9. The van der Waals surface area contributed by atoms with E-state index in [1.165, 1.54) is 11.8 Å². The molecule has 0 radical (unpaired) electrons. The van der Waals surface area contributed by atoms with E-state index < -0.39 is 55.2 Å². The van der Waals surface area contributed by atoms with Crippen molar-refractivity contribution in [1.29, 1.82) is 0 Å². The zero-order valence-corrected chi connectivity index (χ0v) is 18.5. The summed E-state index contributed by atoms with van der Waals surface area (Å²) in [5.74, 6) is -5.16. The van der Waals surface area contributed by atoms with Gasteiger partial charge >= 0.3 is 11.6 Å². The van der Waals surface area contributed by atoms with Crippen molar-refractivity contribution >= 4 is 36.1 Å². The minimum atomic E-state index is -4.02. The van der Waals surface area contributed by atoms with Gasteiger partial charge in [-0.15, -0.1) is 0 Å². The largest absolute Gasteiger partial charge is 0.384 e. The number of carbonyl (C=O) groups excluding carboxylic acids is 2. The number of carbonyl (C=O) groups is 2. The molecule has 0 saturated carbocycles. The molecule has 0 aromatic carbocycles. The molecule has 0 spiro atoms. The van der Waals surface area contributed by atoms with Gasteiger partial charge in [0.05, 0.1) is 6.61 Å². The quantitative estimate of drug-likeness (QED) is 0.361. The topological polar surface area (TPSA) is 169 Å². The van der Waals surface area contributed by atoms with Crippen LogP contribution >= 0.6 is 6.64 Å². The molecule has 32 heavy (non-hydrogen) atoms. The molecule has 3 heterocycles. The van der Waals surface area contributed by atoms with Gasteiger partial charge in [-0.1, -0.05) is 0 Å². The lowest BCUT2D eigenvalue weighted by Gasteiger charge is -2.25. The lowest BCUT2D eigenvalue weighted by atomic mass is 10.1. The number of nitrogens with two attached hydrogens (primary N) is 1. The molecule has 1 unspecified atom stereocenters. The Balaban J connectivity index is 1.65. The Morgan fingerprint density at radius 1 is 1.53 bits per heavy atom. The number of halogens is 2. The number of alkyl halides is 2. The number of amides is 2. The number of anilines is 1. The van der Waals surface area contributed by atoms with Gasteiger partial charge in [0.15, 0.2) is 6.10 Å². The molecule has 2 saturated heterocycles. The third-order valence-electron chi connectivity index (χ3n) is 5.11. The maximum Gasteiger partial charge on any atom is 0.351 e. The third kappa shape index (κ3) is 4.97. The first kappa shape index (κ1) is 24.6. The second-order valence-corrected chi connectivity index (χ2v) is 10.4. The van der Waals surface area contributed by atoms with Crippen molar-refractivity contribution in [3.8, 4) is 0 Å². The van der Waals surface area contributed by atoms with Crippen molar-refractivity contribution in [2.75, 3.05) is 18.9 Å². The van der Waals surface area contributed by atoms with Gasteiger partial charge in [0.25, 0.3) is 6.64 Å². The summed E-state index contributed by atoms with van der Waals surface area (Å²) in [4.78, 5) is 50.8. The van der Waals surface area contributed by atoms with Gasteiger partial charge in [0, 0.05) is 19.7 Å². The highest BCUT2D eigenvalue weighted by molar-refractivity contribution is 8.08. The number of aliphatic hydroxyl groups is 1. The Labute approximate surface area is 185 Å². The summed E-state index contributed by atoms with van der Waals surface area (Å²) in [6.45, 7) is -3.15. The number of rotatable bonds is 6. The van der Waals surface area contributed by atoms with Gasteiger partial charge in [0.2, 0.25) is 18.0 Å². The summed E-state index contributed by atoms with van der Waals surface area (Å²) >= 11 is 4.85. The van der Waals surface area contributed by atoms with Crippen molar-refractivity contribution < 1.29 is 37.6 Å². The maximum absolute atomic E-state index is 14.5. The minimum absolute atomic E-state index is 0.185. The second-order valence-electron chi connectivity index (χ2n) is 7.35. The van der Waals surface area contributed by atoms with E-state index in [-0.39, 0.29) is 11.7 Å². The van der Waals surface area contributed by atoms with Crippen LogP contribution < -0.4 is 16.5 Å². The van der Waals surface area contributed by atoms with Crippen LogP contribution in [0.5, 0.6) is 0 Å². The highest BCUT2D eigenvalue weighted by Crippen LogP contribution is 2.45. The number of nitrogens with one attached hydrogen (secondary N) is 1. The molecule has 3 rings (SSSR count). The fourth-order valence-corrected chi connectivity index (χ4v) is 4.84. The Kier molecular flexibility index (Phi) is 6.98. The van der Waals surface area contributed by atoms with E-state index in [1.54, 1.807) is 0 Å². The van der Waals surface area contributed by atoms with E-state index in [4.69, 9.17) is 26.8 Å². The zero-order valence-electron chi connectivity index (χ0n) is 16.8. The Morgan fingerprint density at radius 3 is 2.84 bits per heavy atom. The SMILES string of the molecule is CC(=O)N1CCC[C@H]1C(=O)NP(O)(=S)OC[C@H]1O[C@@H](n2ccc(N)nc2=O)C(F)(F)[C@@H]1O. The fourth-order valence-electron chi connectivity index (χ4n) is 3.55. The smallest absolute Gasteiger partial charge is 0.351 e. The molecule has 0 bridgehead atoms. The summed E-state index contributed by atoms with van der Waals surface area (Å²) in [6, 6.07) is 0.269. The van der Waals surface area contributed by atoms with Crippen LogP contribution in [0.15, 0.2) is 17.1 Å².